The predicted octanol–water partition coefficient (Wildman–Crippen LogP) is 4.19. The zero-order valence-electron chi connectivity index (χ0n) is 15.8. The number of piperidine rings is 1. The molecule has 2 aromatic carbocycles. The van der Waals surface area contributed by atoms with Crippen LogP contribution in [0, 0.1) is 5.92 Å². The Bertz CT molecular complexity index is 810. The monoisotopic (exact) mass is 378 g/mol. The molecule has 0 saturated carbocycles. The Labute approximate surface area is 165 Å². The van der Waals surface area contributed by atoms with E-state index in [-0.39, 0.29) is 11.9 Å². The van der Waals surface area contributed by atoms with Gasteiger partial charge in [0.05, 0.1) is 0 Å². The molecule has 0 spiro atoms. The van der Waals surface area contributed by atoms with Crippen LogP contribution in [0.3, 0.4) is 0 Å². The minimum absolute atomic E-state index is 0.0637. The highest BCUT2D eigenvalue weighted by Crippen LogP contribution is 2.32. The van der Waals surface area contributed by atoms with Crippen molar-refractivity contribution in [1.82, 2.24) is 5.32 Å². The van der Waals surface area contributed by atoms with Gasteiger partial charge in [0.15, 0.2) is 0 Å². The number of anilines is 3. The van der Waals surface area contributed by atoms with Crippen LogP contribution in [0.1, 0.15) is 32.1 Å². The summed E-state index contributed by atoms with van der Waals surface area (Å²) in [4.78, 5) is 24.4. The fourth-order valence-electron chi connectivity index (χ4n) is 4.27. The number of carbonyl (C=O) groups is 2. The molecule has 6 nitrogen and oxygen atoms in total. The number of rotatable bonds is 5. The summed E-state index contributed by atoms with van der Waals surface area (Å²) >= 11 is 0. The molecule has 2 bridgehead atoms. The predicted molar refractivity (Wildman–Crippen MR) is 111 cm³/mol. The van der Waals surface area contributed by atoms with E-state index in [0.29, 0.717) is 30.1 Å². The van der Waals surface area contributed by atoms with Crippen LogP contribution in [-0.2, 0) is 4.79 Å². The number of carbonyl (C=O) groups excluding carboxylic acids is 2. The van der Waals surface area contributed by atoms with E-state index >= 15 is 0 Å². The first-order valence-electron chi connectivity index (χ1n) is 9.93. The topological polar surface area (TPSA) is 82.3 Å². The Kier molecular flexibility index (Phi) is 5.58. The van der Waals surface area contributed by atoms with Crippen LogP contribution in [0.25, 0.3) is 0 Å². The molecular weight excluding hydrogens is 352 g/mol. The molecule has 2 unspecified atom stereocenters. The number of fused-ring (bicyclic) bond motifs is 2. The van der Waals surface area contributed by atoms with E-state index in [4.69, 9.17) is 0 Å². The summed E-state index contributed by atoms with van der Waals surface area (Å²) in [6, 6.07) is 17.4. The van der Waals surface area contributed by atoms with E-state index < -0.39 is 0 Å². The van der Waals surface area contributed by atoms with Crippen molar-refractivity contribution >= 4 is 29.0 Å². The van der Waals surface area contributed by atoms with Crippen molar-refractivity contribution in [3.8, 4) is 0 Å². The molecule has 2 fully saturated rings. The van der Waals surface area contributed by atoms with E-state index in [1.165, 1.54) is 12.8 Å². The van der Waals surface area contributed by atoms with Gasteiger partial charge in [0.25, 0.3) is 0 Å². The zero-order chi connectivity index (χ0) is 19.3. The number of nitrogens with one attached hydrogen (secondary N) is 4. The van der Waals surface area contributed by atoms with Crippen molar-refractivity contribution in [3.63, 3.8) is 0 Å². The van der Waals surface area contributed by atoms with Gasteiger partial charge in [-0.25, -0.2) is 4.79 Å². The van der Waals surface area contributed by atoms with Crippen LogP contribution in [0.15, 0.2) is 54.6 Å². The molecule has 3 amide bonds. The number of hydrogen-bond donors (Lipinski definition) is 4. The molecule has 2 aromatic rings. The van der Waals surface area contributed by atoms with Crippen LogP contribution in [0.4, 0.5) is 21.9 Å². The Hall–Kier alpha value is -2.86. The summed E-state index contributed by atoms with van der Waals surface area (Å²) in [5.74, 6) is 0.537. The zero-order valence-corrected chi connectivity index (χ0v) is 15.8. The quantitative estimate of drug-likeness (QED) is 0.630. The van der Waals surface area contributed by atoms with Crippen molar-refractivity contribution in [2.24, 2.45) is 5.92 Å². The fourth-order valence-corrected chi connectivity index (χ4v) is 4.27. The minimum Gasteiger partial charge on any atom is -0.326 e. The van der Waals surface area contributed by atoms with Gasteiger partial charge in [-0.1, -0.05) is 18.2 Å². The fraction of sp³-hybridized carbons (Fsp3) is 0.364. The van der Waals surface area contributed by atoms with Crippen molar-refractivity contribution in [2.75, 3.05) is 16.0 Å². The highest BCUT2D eigenvalue weighted by Gasteiger charge is 2.34. The van der Waals surface area contributed by atoms with Crippen molar-refractivity contribution in [3.05, 3.63) is 54.6 Å². The smallest absolute Gasteiger partial charge is 0.323 e. The second-order valence-corrected chi connectivity index (χ2v) is 7.75. The number of benzene rings is 2. The second-order valence-electron chi connectivity index (χ2n) is 7.75. The average molecular weight is 378 g/mol. The van der Waals surface area contributed by atoms with Gasteiger partial charge in [0, 0.05) is 35.6 Å². The maximum absolute atomic E-state index is 12.4. The van der Waals surface area contributed by atoms with E-state index in [9.17, 15) is 9.59 Å². The lowest BCUT2D eigenvalue weighted by Gasteiger charge is -2.28. The third-order valence-corrected chi connectivity index (χ3v) is 5.50. The largest absolute Gasteiger partial charge is 0.326 e. The molecule has 2 aliphatic rings. The molecule has 4 N–H and O–H groups in total. The summed E-state index contributed by atoms with van der Waals surface area (Å²) in [6.07, 6.45) is 5.27. The van der Waals surface area contributed by atoms with Gasteiger partial charge in [-0.15, -0.1) is 0 Å². The molecule has 2 aliphatic heterocycles. The molecule has 146 valence electrons. The summed E-state index contributed by atoms with van der Waals surface area (Å²) < 4.78 is 0. The Morgan fingerprint density at radius 2 is 1.32 bits per heavy atom. The molecule has 2 saturated heterocycles. The number of para-hydroxylation sites is 1. The second kappa shape index (κ2) is 8.44. The molecule has 6 heteroatoms. The third-order valence-electron chi connectivity index (χ3n) is 5.50. The molecule has 28 heavy (non-hydrogen) atoms. The number of amides is 3. The van der Waals surface area contributed by atoms with Crippen molar-refractivity contribution in [2.45, 2.75) is 44.2 Å². The SMILES string of the molecule is O=C(CC1CC2CCC(C1)N2)Nc1ccc(NC(=O)Nc2ccccc2)cc1. The summed E-state index contributed by atoms with van der Waals surface area (Å²) in [5.41, 5.74) is 2.15. The van der Waals surface area contributed by atoms with Gasteiger partial charge >= 0.3 is 6.03 Å². The van der Waals surface area contributed by atoms with Gasteiger partial charge in [0.1, 0.15) is 0 Å². The molecule has 2 atom stereocenters. The van der Waals surface area contributed by atoms with Crippen LogP contribution in [0.5, 0.6) is 0 Å². The summed E-state index contributed by atoms with van der Waals surface area (Å²) in [6.45, 7) is 0. The van der Waals surface area contributed by atoms with Gasteiger partial charge in [-0.3, -0.25) is 4.79 Å². The lowest BCUT2D eigenvalue weighted by Crippen LogP contribution is -2.39. The third kappa shape index (κ3) is 4.89. The lowest BCUT2D eigenvalue weighted by atomic mass is 9.89. The van der Waals surface area contributed by atoms with Crippen LogP contribution in [0.2, 0.25) is 0 Å². The summed E-state index contributed by atoms with van der Waals surface area (Å²) in [7, 11) is 0. The molecule has 4 rings (SSSR count). The van der Waals surface area contributed by atoms with E-state index in [0.717, 1.165) is 24.2 Å². The van der Waals surface area contributed by atoms with Crippen molar-refractivity contribution in [1.29, 1.82) is 0 Å². The molecule has 0 radical (unpaired) electrons. The van der Waals surface area contributed by atoms with Gasteiger partial charge < -0.3 is 21.3 Å². The number of urea groups is 1. The van der Waals surface area contributed by atoms with Crippen LogP contribution < -0.4 is 21.3 Å². The Balaban J connectivity index is 1.25. The van der Waals surface area contributed by atoms with Crippen molar-refractivity contribution < 1.29 is 9.59 Å². The Morgan fingerprint density at radius 3 is 1.93 bits per heavy atom. The summed E-state index contributed by atoms with van der Waals surface area (Å²) in [5, 5.41) is 12.1. The number of hydrogen-bond acceptors (Lipinski definition) is 3. The molecular formula is C22H26N4O2. The molecule has 0 aromatic heterocycles. The van der Waals surface area contributed by atoms with Crippen LogP contribution in [-0.4, -0.2) is 24.0 Å². The normalized spacial score (nSPS) is 23.1. The maximum Gasteiger partial charge on any atom is 0.323 e. The average Bonchev–Trinajstić information content (AvgIpc) is 3.02. The molecule has 0 aliphatic carbocycles. The lowest BCUT2D eigenvalue weighted by molar-refractivity contribution is -0.117. The highest BCUT2D eigenvalue weighted by molar-refractivity contribution is 6.00. The molecule has 2 heterocycles. The van der Waals surface area contributed by atoms with Gasteiger partial charge in [-0.05, 0) is 68.0 Å². The highest BCUT2D eigenvalue weighted by atomic mass is 16.2. The van der Waals surface area contributed by atoms with Crippen LogP contribution >= 0.6 is 0 Å². The first-order chi connectivity index (χ1) is 13.6. The minimum atomic E-state index is -0.302. The van der Waals surface area contributed by atoms with Gasteiger partial charge in [0.2, 0.25) is 5.91 Å². The van der Waals surface area contributed by atoms with Gasteiger partial charge in [-0.2, -0.15) is 0 Å². The van der Waals surface area contributed by atoms with E-state index in [1.54, 1.807) is 12.1 Å². The standard InChI is InChI=1S/C22H26N4O2/c27-21(14-15-12-19-10-11-20(13-15)23-19)24-17-6-8-18(9-7-17)26-22(28)25-16-4-2-1-3-5-16/h1-9,15,19-20,23H,10-14H2,(H,24,27)(H2,25,26,28). The Morgan fingerprint density at radius 1 is 0.786 bits per heavy atom. The first-order valence-corrected chi connectivity index (χ1v) is 9.93. The van der Waals surface area contributed by atoms with E-state index in [1.807, 2.05) is 42.5 Å². The first kappa shape index (κ1) is 18.5. The van der Waals surface area contributed by atoms with E-state index in [2.05, 4.69) is 21.3 Å². The maximum atomic E-state index is 12.4.